The van der Waals surface area contributed by atoms with Gasteiger partial charge in [0.05, 0.1) is 30.6 Å². The summed E-state index contributed by atoms with van der Waals surface area (Å²) in [6.07, 6.45) is 2.88. The number of nitrogens with zero attached hydrogens (tertiary/aromatic N) is 1. The molecule has 0 unspecified atom stereocenters. The molecule has 2 amide bonds. The second kappa shape index (κ2) is 11.0. The van der Waals surface area contributed by atoms with E-state index in [4.69, 9.17) is 13.9 Å². The van der Waals surface area contributed by atoms with E-state index in [-0.39, 0.29) is 6.54 Å². The Morgan fingerprint density at radius 2 is 1.94 bits per heavy atom. The highest BCUT2D eigenvalue weighted by atomic mass is 79.9. The van der Waals surface area contributed by atoms with Crippen LogP contribution in [-0.2, 0) is 22.7 Å². The maximum Gasteiger partial charge on any atom is 0.329 e. The van der Waals surface area contributed by atoms with Gasteiger partial charge in [-0.25, -0.2) is 5.43 Å². The molecule has 3 rings (SSSR count). The molecule has 1 aromatic heterocycles. The normalized spacial score (nSPS) is 10.6. The Hall–Kier alpha value is -3.59. The molecule has 0 aliphatic carbocycles. The number of nitrogens with one attached hydrogen (secondary N) is 2. The molecular formula is C22H20BrN3O5. The van der Waals surface area contributed by atoms with Crippen LogP contribution in [0.5, 0.6) is 11.5 Å². The van der Waals surface area contributed by atoms with Gasteiger partial charge in [0.15, 0.2) is 11.5 Å². The van der Waals surface area contributed by atoms with Crippen LogP contribution in [0.2, 0.25) is 0 Å². The third kappa shape index (κ3) is 6.45. The first kappa shape index (κ1) is 22.1. The van der Waals surface area contributed by atoms with Crippen LogP contribution in [-0.4, -0.2) is 25.1 Å². The minimum atomic E-state index is -0.892. The van der Waals surface area contributed by atoms with Crippen LogP contribution in [0, 0.1) is 0 Å². The van der Waals surface area contributed by atoms with Crippen LogP contribution < -0.4 is 20.2 Å². The molecule has 0 aliphatic rings. The van der Waals surface area contributed by atoms with Gasteiger partial charge in [0.1, 0.15) is 12.4 Å². The highest BCUT2D eigenvalue weighted by Gasteiger charge is 2.14. The number of methoxy groups -OCH3 is 1. The van der Waals surface area contributed by atoms with Gasteiger partial charge in [0.2, 0.25) is 0 Å². The molecule has 0 bridgehead atoms. The average Bonchev–Trinajstić information content (AvgIpc) is 3.30. The van der Waals surface area contributed by atoms with E-state index < -0.39 is 11.8 Å². The van der Waals surface area contributed by atoms with Crippen LogP contribution in [0.25, 0.3) is 0 Å². The predicted molar refractivity (Wildman–Crippen MR) is 118 cm³/mol. The zero-order valence-corrected chi connectivity index (χ0v) is 18.2. The fraction of sp³-hybridized carbons (Fsp3) is 0.136. The largest absolute Gasteiger partial charge is 0.493 e. The van der Waals surface area contributed by atoms with Crippen molar-refractivity contribution >= 4 is 34.0 Å². The molecule has 0 saturated carbocycles. The smallest absolute Gasteiger partial charge is 0.329 e. The lowest BCUT2D eigenvalue weighted by Gasteiger charge is -2.13. The van der Waals surface area contributed by atoms with Crippen molar-refractivity contribution in [1.29, 1.82) is 0 Å². The van der Waals surface area contributed by atoms with Gasteiger partial charge in [-0.05, 0) is 51.3 Å². The summed E-state index contributed by atoms with van der Waals surface area (Å²) in [7, 11) is 1.53. The van der Waals surface area contributed by atoms with Crippen LogP contribution in [0.3, 0.4) is 0 Å². The first-order valence-corrected chi connectivity index (χ1v) is 10.0. The molecule has 0 radical (unpaired) electrons. The molecule has 9 heteroatoms. The van der Waals surface area contributed by atoms with E-state index in [2.05, 4.69) is 31.8 Å². The summed E-state index contributed by atoms with van der Waals surface area (Å²) in [6, 6.07) is 16.6. The van der Waals surface area contributed by atoms with Crippen molar-refractivity contribution < 1.29 is 23.5 Å². The lowest BCUT2D eigenvalue weighted by Crippen LogP contribution is -2.37. The minimum Gasteiger partial charge on any atom is -0.493 e. The molecule has 160 valence electrons. The SMILES string of the molecule is COc1cc(/C=N/NC(=O)C(=O)NCc2ccco2)cc(Br)c1OCc1ccccc1. The highest BCUT2D eigenvalue weighted by molar-refractivity contribution is 9.10. The number of benzene rings is 2. The minimum absolute atomic E-state index is 0.109. The van der Waals surface area contributed by atoms with Crippen molar-refractivity contribution in [3.63, 3.8) is 0 Å². The first-order valence-electron chi connectivity index (χ1n) is 9.24. The topological polar surface area (TPSA) is 102 Å². The summed E-state index contributed by atoms with van der Waals surface area (Å²) in [5.74, 6) is -0.135. The second-order valence-electron chi connectivity index (χ2n) is 6.27. The van der Waals surface area contributed by atoms with Crippen molar-refractivity contribution in [3.05, 3.63) is 82.2 Å². The van der Waals surface area contributed by atoms with E-state index in [1.807, 2.05) is 30.3 Å². The highest BCUT2D eigenvalue weighted by Crippen LogP contribution is 2.36. The zero-order valence-electron chi connectivity index (χ0n) is 16.6. The van der Waals surface area contributed by atoms with Gasteiger partial charge >= 0.3 is 11.8 Å². The number of halogens is 1. The molecule has 8 nitrogen and oxygen atoms in total. The molecule has 0 spiro atoms. The third-order valence-corrected chi connectivity index (χ3v) is 4.66. The van der Waals surface area contributed by atoms with E-state index in [0.29, 0.717) is 33.9 Å². The van der Waals surface area contributed by atoms with Crippen LogP contribution in [0.15, 0.2) is 74.9 Å². The zero-order chi connectivity index (χ0) is 22.1. The Balaban J connectivity index is 1.58. The summed E-state index contributed by atoms with van der Waals surface area (Å²) < 4.78 is 17.0. The summed E-state index contributed by atoms with van der Waals surface area (Å²) in [5, 5.41) is 6.25. The van der Waals surface area contributed by atoms with Gasteiger partial charge in [0.25, 0.3) is 0 Å². The van der Waals surface area contributed by atoms with E-state index >= 15 is 0 Å². The maximum atomic E-state index is 11.8. The van der Waals surface area contributed by atoms with Crippen LogP contribution in [0.4, 0.5) is 0 Å². The Bertz CT molecular complexity index is 1050. The van der Waals surface area contributed by atoms with Gasteiger partial charge in [-0.1, -0.05) is 30.3 Å². The first-order chi connectivity index (χ1) is 15.1. The number of amides is 2. The molecule has 0 atom stereocenters. The Morgan fingerprint density at radius 1 is 1.13 bits per heavy atom. The number of rotatable bonds is 8. The monoisotopic (exact) mass is 485 g/mol. The number of carbonyl (C=O) groups is 2. The van der Waals surface area contributed by atoms with Gasteiger partial charge in [-0.2, -0.15) is 5.10 Å². The summed E-state index contributed by atoms with van der Waals surface area (Å²) in [5.41, 5.74) is 3.83. The van der Waals surface area contributed by atoms with Crippen LogP contribution in [0.1, 0.15) is 16.9 Å². The van der Waals surface area contributed by atoms with Gasteiger partial charge in [-0.3, -0.25) is 9.59 Å². The molecule has 2 aromatic carbocycles. The number of carbonyl (C=O) groups excluding carboxylic acids is 2. The van der Waals surface area contributed by atoms with E-state index in [1.165, 1.54) is 19.6 Å². The van der Waals surface area contributed by atoms with Crippen molar-refractivity contribution in [2.45, 2.75) is 13.2 Å². The van der Waals surface area contributed by atoms with E-state index in [9.17, 15) is 9.59 Å². The summed E-state index contributed by atoms with van der Waals surface area (Å²) >= 11 is 3.47. The third-order valence-electron chi connectivity index (χ3n) is 4.07. The summed E-state index contributed by atoms with van der Waals surface area (Å²) in [4.78, 5) is 23.6. The number of hydrogen-bond acceptors (Lipinski definition) is 6. The van der Waals surface area contributed by atoms with Crippen molar-refractivity contribution in [2.24, 2.45) is 5.10 Å². The van der Waals surface area contributed by atoms with Crippen LogP contribution >= 0.6 is 15.9 Å². The van der Waals surface area contributed by atoms with Crippen molar-refractivity contribution in [2.75, 3.05) is 7.11 Å². The van der Waals surface area contributed by atoms with Crippen molar-refractivity contribution in [3.8, 4) is 11.5 Å². The standard InChI is InChI=1S/C22H20BrN3O5/c1-29-19-11-16(10-18(23)20(19)31-14-15-6-3-2-4-7-15)12-25-26-22(28)21(27)24-13-17-8-5-9-30-17/h2-12H,13-14H2,1H3,(H,24,27)(H,26,28)/b25-12+. The molecular weight excluding hydrogens is 466 g/mol. The van der Waals surface area contributed by atoms with Gasteiger partial charge < -0.3 is 19.2 Å². The molecule has 3 aromatic rings. The van der Waals surface area contributed by atoms with E-state index in [1.54, 1.807) is 24.3 Å². The number of ether oxygens (including phenoxy) is 2. The molecule has 0 saturated heterocycles. The Labute approximate surface area is 187 Å². The average molecular weight is 486 g/mol. The lowest BCUT2D eigenvalue weighted by molar-refractivity contribution is -0.139. The predicted octanol–water partition coefficient (Wildman–Crippen LogP) is 3.40. The van der Waals surface area contributed by atoms with Gasteiger partial charge in [0, 0.05) is 0 Å². The molecule has 2 N–H and O–H groups in total. The number of hydrazone groups is 1. The quantitative estimate of drug-likeness (QED) is 0.289. The number of furan rings is 1. The fourth-order valence-electron chi connectivity index (χ4n) is 2.56. The molecule has 0 fully saturated rings. The number of hydrogen-bond donors (Lipinski definition) is 2. The molecule has 0 aliphatic heterocycles. The summed E-state index contributed by atoms with van der Waals surface area (Å²) in [6.45, 7) is 0.490. The van der Waals surface area contributed by atoms with E-state index in [0.717, 1.165) is 5.56 Å². The molecule has 1 heterocycles. The Morgan fingerprint density at radius 3 is 2.65 bits per heavy atom. The lowest BCUT2D eigenvalue weighted by atomic mass is 10.2. The van der Waals surface area contributed by atoms with Crippen molar-refractivity contribution in [1.82, 2.24) is 10.7 Å². The maximum absolute atomic E-state index is 11.8. The van der Waals surface area contributed by atoms with Gasteiger partial charge in [-0.15, -0.1) is 0 Å². The Kier molecular flexibility index (Phi) is 7.83. The second-order valence-corrected chi connectivity index (χ2v) is 7.12. The fourth-order valence-corrected chi connectivity index (χ4v) is 3.14. The molecule has 31 heavy (non-hydrogen) atoms.